The number of rotatable bonds is 5. The molecule has 0 spiro atoms. The molecule has 1 aliphatic rings. The lowest BCUT2D eigenvalue weighted by Gasteiger charge is -2.21. The quantitative estimate of drug-likeness (QED) is 0.867. The normalized spacial score (nSPS) is 13.8. The van der Waals surface area contributed by atoms with Crippen molar-refractivity contribution in [3.05, 3.63) is 22.9 Å². The molecule has 17 heavy (non-hydrogen) atoms. The Balaban J connectivity index is 2.25. The molecule has 1 aromatic heterocycles. The van der Waals surface area contributed by atoms with E-state index in [0.717, 1.165) is 24.5 Å². The fraction of sp³-hybridized carbons (Fsp3) is 0.615. The molecule has 0 saturated carbocycles. The van der Waals surface area contributed by atoms with Crippen molar-refractivity contribution >= 4 is 17.6 Å². The zero-order chi connectivity index (χ0) is 12.3. The summed E-state index contributed by atoms with van der Waals surface area (Å²) in [5.74, 6) is 2.21. The van der Waals surface area contributed by atoms with Gasteiger partial charge in [-0.1, -0.05) is 0 Å². The van der Waals surface area contributed by atoms with E-state index in [-0.39, 0.29) is 0 Å². The molecule has 4 heteroatoms. The number of thioether (sulfide) groups is 1. The maximum absolute atomic E-state index is 5.84. The first-order valence-electron chi connectivity index (χ1n) is 6.18. The summed E-state index contributed by atoms with van der Waals surface area (Å²) in [5.41, 5.74) is 9.72. The van der Waals surface area contributed by atoms with E-state index in [9.17, 15) is 0 Å². The molecule has 0 radical (unpaired) electrons. The summed E-state index contributed by atoms with van der Waals surface area (Å²) in [6, 6.07) is 2.26. The first-order chi connectivity index (χ1) is 8.26. The van der Waals surface area contributed by atoms with Gasteiger partial charge >= 0.3 is 0 Å². The molecular weight excluding hydrogens is 230 g/mol. The lowest BCUT2D eigenvalue weighted by molar-refractivity contribution is 0.882. The van der Waals surface area contributed by atoms with Crippen LogP contribution in [0, 0.1) is 0 Å². The maximum Gasteiger partial charge on any atom is 0.133 e. The summed E-state index contributed by atoms with van der Waals surface area (Å²) in [4.78, 5) is 7.05. The molecule has 0 aromatic carbocycles. The largest absolute Gasteiger partial charge is 0.359 e. The zero-order valence-corrected chi connectivity index (χ0v) is 11.5. The molecule has 2 N–H and O–H groups in total. The highest BCUT2D eigenvalue weighted by Crippen LogP contribution is 2.26. The van der Waals surface area contributed by atoms with Crippen LogP contribution >= 0.6 is 11.8 Å². The lowest BCUT2D eigenvalue weighted by Crippen LogP contribution is -2.24. The van der Waals surface area contributed by atoms with Gasteiger partial charge in [0.2, 0.25) is 0 Å². The second-order valence-corrected chi connectivity index (χ2v) is 5.53. The highest BCUT2D eigenvalue weighted by molar-refractivity contribution is 7.98. The summed E-state index contributed by atoms with van der Waals surface area (Å²) < 4.78 is 0. The lowest BCUT2D eigenvalue weighted by atomic mass is 10.1. The number of anilines is 1. The second-order valence-electron chi connectivity index (χ2n) is 4.55. The van der Waals surface area contributed by atoms with Crippen LogP contribution in [0.15, 0.2) is 6.07 Å². The van der Waals surface area contributed by atoms with Gasteiger partial charge in [0.25, 0.3) is 0 Å². The molecule has 0 fully saturated rings. The SMILES string of the molecule is CSCCN(C)c1nc2c(cc1CN)CCC2. The van der Waals surface area contributed by atoms with Crippen molar-refractivity contribution in [2.75, 3.05) is 30.5 Å². The average Bonchev–Trinajstić information content (AvgIpc) is 2.81. The molecular formula is C13H21N3S. The molecule has 0 atom stereocenters. The van der Waals surface area contributed by atoms with E-state index in [0.29, 0.717) is 6.54 Å². The molecule has 0 saturated heterocycles. The maximum atomic E-state index is 5.84. The molecule has 0 unspecified atom stereocenters. The van der Waals surface area contributed by atoms with Crippen LogP contribution in [0.25, 0.3) is 0 Å². The standard InChI is InChI=1S/C13H21N3S/c1-16(6-7-17-2)13-11(9-14)8-10-4-3-5-12(10)15-13/h8H,3-7,9,14H2,1-2H3. The third-order valence-electron chi connectivity index (χ3n) is 3.32. The van der Waals surface area contributed by atoms with Crippen molar-refractivity contribution in [2.45, 2.75) is 25.8 Å². The number of fused-ring (bicyclic) bond motifs is 1. The smallest absolute Gasteiger partial charge is 0.133 e. The molecule has 1 aliphatic carbocycles. The number of hydrogen-bond donors (Lipinski definition) is 1. The molecule has 0 bridgehead atoms. The van der Waals surface area contributed by atoms with E-state index in [2.05, 4.69) is 24.3 Å². The number of aryl methyl sites for hydroxylation is 2. The summed E-state index contributed by atoms with van der Waals surface area (Å²) in [6.45, 7) is 1.61. The Kier molecular flexibility index (Phi) is 4.29. The summed E-state index contributed by atoms with van der Waals surface area (Å²) in [7, 11) is 2.11. The minimum Gasteiger partial charge on any atom is -0.359 e. The van der Waals surface area contributed by atoms with Gasteiger partial charge in [-0.25, -0.2) is 4.98 Å². The average molecular weight is 251 g/mol. The Morgan fingerprint density at radius 2 is 2.29 bits per heavy atom. The summed E-state index contributed by atoms with van der Waals surface area (Å²) >= 11 is 1.86. The van der Waals surface area contributed by atoms with Gasteiger partial charge in [0.05, 0.1) is 0 Å². The highest BCUT2D eigenvalue weighted by Gasteiger charge is 2.17. The molecule has 2 rings (SSSR count). The van der Waals surface area contributed by atoms with E-state index < -0.39 is 0 Å². The van der Waals surface area contributed by atoms with Crippen LogP contribution in [0.5, 0.6) is 0 Å². The second kappa shape index (κ2) is 5.74. The minimum absolute atomic E-state index is 0.583. The molecule has 3 nitrogen and oxygen atoms in total. The third kappa shape index (κ3) is 2.75. The van der Waals surface area contributed by atoms with Gasteiger partial charge < -0.3 is 10.6 Å². The molecule has 0 amide bonds. The van der Waals surface area contributed by atoms with E-state index >= 15 is 0 Å². The van der Waals surface area contributed by atoms with Crippen molar-refractivity contribution in [1.29, 1.82) is 0 Å². The van der Waals surface area contributed by atoms with Gasteiger partial charge in [0, 0.05) is 37.1 Å². The zero-order valence-electron chi connectivity index (χ0n) is 10.7. The Hall–Kier alpha value is -0.740. The van der Waals surface area contributed by atoms with Gasteiger partial charge in [-0.3, -0.25) is 0 Å². The number of hydrogen-bond acceptors (Lipinski definition) is 4. The van der Waals surface area contributed by atoms with Crippen LogP contribution in [0.3, 0.4) is 0 Å². The topological polar surface area (TPSA) is 42.2 Å². The fourth-order valence-corrected chi connectivity index (χ4v) is 2.78. The Morgan fingerprint density at radius 1 is 1.47 bits per heavy atom. The van der Waals surface area contributed by atoms with E-state index in [1.807, 2.05) is 11.8 Å². The van der Waals surface area contributed by atoms with E-state index in [1.54, 1.807) is 0 Å². The number of pyridine rings is 1. The monoisotopic (exact) mass is 251 g/mol. The number of nitrogens with zero attached hydrogens (tertiary/aromatic N) is 2. The van der Waals surface area contributed by atoms with Gasteiger partial charge in [0.1, 0.15) is 5.82 Å². The van der Waals surface area contributed by atoms with Crippen molar-refractivity contribution in [3.8, 4) is 0 Å². The van der Waals surface area contributed by atoms with Gasteiger partial charge in [-0.05, 0) is 37.1 Å². The number of nitrogens with two attached hydrogens (primary N) is 1. The van der Waals surface area contributed by atoms with Crippen LogP contribution in [-0.2, 0) is 19.4 Å². The van der Waals surface area contributed by atoms with Crippen LogP contribution in [0.4, 0.5) is 5.82 Å². The predicted molar refractivity (Wildman–Crippen MR) is 75.8 cm³/mol. The van der Waals surface area contributed by atoms with Gasteiger partial charge in [0.15, 0.2) is 0 Å². The van der Waals surface area contributed by atoms with Crippen LogP contribution in [0.2, 0.25) is 0 Å². The Bertz CT molecular complexity index is 392. The Morgan fingerprint density at radius 3 is 3.00 bits per heavy atom. The van der Waals surface area contributed by atoms with Crippen molar-refractivity contribution < 1.29 is 0 Å². The third-order valence-corrected chi connectivity index (χ3v) is 3.91. The van der Waals surface area contributed by atoms with Gasteiger partial charge in [-0.15, -0.1) is 0 Å². The molecule has 1 aromatic rings. The molecule has 0 aliphatic heterocycles. The number of aromatic nitrogens is 1. The Labute approximate surface area is 108 Å². The first kappa shape index (κ1) is 12.7. The van der Waals surface area contributed by atoms with Crippen molar-refractivity contribution in [2.24, 2.45) is 5.73 Å². The minimum atomic E-state index is 0.583. The molecule has 1 heterocycles. The highest BCUT2D eigenvalue weighted by atomic mass is 32.2. The van der Waals surface area contributed by atoms with Crippen molar-refractivity contribution in [3.63, 3.8) is 0 Å². The van der Waals surface area contributed by atoms with Gasteiger partial charge in [-0.2, -0.15) is 11.8 Å². The fourth-order valence-electron chi connectivity index (χ4n) is 2.32. The predicted octanol–water partition coefficient (Wildman–Crippen LogP) is 1.83. The summed E-state index contributed by atoms with van der Waals surface area (Å²) in [6.07, 6.45) is 5.67. The van der Waals surface area contributed by atoms with Crippen LogP contribution in [0.1, 0.15) is 23.2 Å². The van der Waals surface area contributed by atoms with E-state index in [4.69, 9.17) is 10.7 Å². The van der Waals surface area contributed by atoms with E-state index in [1.165, 1.54) is 29.7 Å². The van der Waals surface area contributed by atoms with Crippen LogP contribution < -0.4 is 10.6 Å². The van der Waals surface area contributed by atoms with Crippen LogP contribution in [-0.4, -0.2) is 30.6 Å². The molecule has 94 valence electrons. The first-order valence-corrected chi connectivity index (χ1v) is 7.57. The van der Waals surface area contributed by atoms with Crippen molar-refractivity contribution in [1.82, 2.24) is 4.98 Å². The summed E-state index contributed by atoms with van der Waals surface area (Å²) in [5, 5.41) is 0.